The lowest BCUT2D eigenvalue weighted by atomic mass is 10.3. The smallest absolute Gasteiger partial charge is 0.126 e. The maximum absolute atomic E-state index is 4.41. The molecular weight excluding hydrogens is 216 g/mol. The van der Waals surface area contributed by atoms with Crippen LogP contribution in [0.2, 0.25) is 0 Å². The zero-order valence-corrected chi connectivity index (χ0v) is 10.5. The van der Waals surface area contributed by atoms with Crippen molar-refractivity contribution in [2.45, 2.75) is 26.8 Å². The van der Waals surface area contributed by atoms with Crippen LogP contribution in [0.3, 0.4) is 0 Å². The summed E-state index contributed by atoms with van der Waals surface area (Å²) < 4.78 is 0. The lowest BCUT2D eigenvalue weighted by molar-refractivity contribution is 1.11. The molecule has 0 aromatic carbocycles. The van der Waals surface area contributed by atoms with E-state index in [1.807, 2.05) is 36.5 Å². The maximum Gasteiger partial charge on any atom is 0.126 e. The molecule has 2 rings (SSSR count). The van der Waals surface area contributed by atoms with E-state index in [-0.39, 0.29) is 0 Å². The minimum Gasteiger partial charge on any atom is -0.365 e. The molecule has 0 amide bonds. The number of rotatable bonds is 4. The molecule has 0 aliphatic rings. The van der Waals surface area contributed by atoms with Crippen molar-refractivity contribution in [2.75, 3.05) is 5.32 Å². The summed E-state index contributed by atoms with van der Waals surface area (Å²) in [6.45, 7) is 5.05. The molecule has 2 nitrogen and oxygen atoms in total. The Morgan fingerprint density at radius 2 is 2.00 bits per heavy atom. The molecule has 2 aromatic rings. The average molecular weight is 232 g/mol. The Kier molecular flexibility index (Phi) is 3.57. The molecule has 16 heavy (non-hydrogen) atoms. The van der Waals surface area contributed by atoms with E-state index in [0.717, 1.165) is 24.5 Å². The number of aromatic nitrogens is 1. The van der Waals surface area contributed by atoms with E-state index in [2.05, 4.69) is 29.4 Å². The highest BCUT2D eigenvalue weighted by Crippen LogP contribution is 2.18. The Morgan fingerprint density at radius 3 is 2.69 bits per heavy atom. The van der Waals surface area contributed by atoms with Gasteiger partial charge >= 0.3 is 0 Å². The molecule has 0 aliphatic heterocycles. The Balaban J connectivity index is 1.96. The van der Waals surface area contributed by atoms with Crippen LogP contribution in [0.1, 0.15) is 22.4 Å². The molecule has 0 unspecified atom stereocenters. The van der Waals surface area contributed by atoms with Gasteiger partial charge in [-0.1, -0.05) is 13.0 Å². The van der Waals surface area contributed by atoms with Gasteiger partial charge in [0.2, 0.25) is 0 Å². The van der Waals surface area contributed by atoms with E-state index in [4.69, 9.17) is 0 Å². The number of pyridine rings is 1. The second-order valence-corrected chi connectivity index (χ2v) is 4.99. The van der Waals surface area contributed by atoms with Gasteiger partial charge < -0.3 is 5.32 Å². The van der Waals surface area contributed by atoms with Crippen molar-refractivity contribution in [1.29, 1.82) is 0 Å². The summed E-state index contributed by atoms with van der Waals surface area (Å²) in [7, 11) is 0. The summed E-state index contributed by atoms with van der Waals surface area (Å²) >= 11 is 1.87. The van der Waals surface area contributed by atoms with Gasteiger partial charge in [0, 0.05) is 15.4 Å². The third-order valence-corrected chi connectivity index (χ3v) is 3.63. The Hall–Kier alpha value is -1.35. The molecule has 0 spiro atoms. The molecule has 0 saturated heterocycles. The number of hydrogen-bond acceptors (Lipinski definition) is 3. The standard InChI is InChI=1S/C13H16N2S/c1-3-11-7-8-12(16-11)9-14-13-6-4-5-10(2)15-13/h4-8H,3,9H2,1-2H3,(H,14,15). The van der Waals surface area contributed by atoms with Gasteiger partial charge in [-0.05, 0) is 37.6 Å². The van der Waals surface area contributed by atoms with E-state index in [1.165, 1.54) is 9.75 Å². The zero-order valence-electron chi connectivity index (χ0n) is 9.66. The fourth-order valence-corrected chi connectivity index (χ4v) is 2.42. The summed E-state index contributed by atoms with van der Waals surface area (Å²) in [4.78, 5) is 7.21. The molecule has 1 N–H and O–H groups in total. The number of nitrogens with zero attached hydrogens (tertiary/aromatic N) is 1. The van der Waals surface area contributed by atoms with Gasteiger partial charge in [-0.2, -0.15) is 0 Å². The van der Waals surface area contributed by atoms with Crippen LogP contribution in [0.25, 0.3) is 0 Å². The largest absolute Gasteiger partial charge is 0.365 e. The highest BCUT2D eigenvalue weighted by atomic mass is 32.1. The topological polar surface area (TPSA) is 24.9 Å². The van der Waals surface area contributed by atoms with Gasteiger partial charge in [-0.15, -0.1) is 11.3 Å². The number of aryl methyl sites for hydroxylation is 2. The Labute approximate surface area is 100 Å². The Morgan fingerprint density at radius 1 is 1.19 bits per heavy atom. The first-order valence-electron chi connectivity index (χ1n) is 5.53. The lowest BCUT2D eigenvalue weighted by Gasteiger charge is -2.04. The van der Waals surface area contributed by atoms with Crippen LogP contribution in [-0.4, -0.2) is 4.98 Å². The highest BCUT2D eigenvalue weighted by Gasteiger charge is 1.99. The summed E-state index contributed by atoms with van der Waals surface area (Å²) in [5, 5.41) is 3.34. The van der Waals surface area contributed by atoms with Gasteiger partial charge in [-0.3, -0.25) is 0 Å². The van der Waals surface area contributed by atoms with E-state index in [1.54, 1.807) is 0 Å². The number of nitrogens with one attached hydrogen (secondary N) is 1. The Bertz CT molecular complexity index is 462. The van der Waals surface area contributed by atoms with Crippen LogP contribution in [-0.2, 0) is 13.0 Å². The quantitative estimate of drug-likeness (QED) is 0.870. The van der Waals surface area contributed by atoms with Crippen molar-refractivity contribution in [3.8, 4) is 0 Å². The average Bonchev–Trinajstić information content (AvgIpc) is 2.74. The summed E-state index contributed by atoms with van der Waals surface area (Å²) in [6, 6.07) is 10.4. The fourth-order valence-electron chi connectivity index (χ4n) is 1.53. The van der Waals surface area contributed by atoms with Crippen LogP contribution in [0.5, 0.6) is 0 Å². The second-order valence-electron chi connectivity index (χ2n) is 3.74. The molecular formula is C13H16N2S. The van der Waals surface area contributed by atoms with Crippen LogP contribution < -0.4 is 5.32 Å². The number of hydrogen-bond donors (Lipinski definition) is 1. The third kappa shape index (κ3) is 2.83. The van der Waals surface area contributed by atoms with Gasteiger partial charge in [-0.25, -0.2) is 4.98 Å². The van der Waals surface area contributed by atoms with Crippen molar-refractivity contribution in [1.82, 2.24) is 4.98 Å². The molecule has 3 heteroatoms. The first-order valence-corrected chi connectivity index (χ1v) is 6.34. The minimum absolute atomic E-state index is 0.862. The molecule has 0 saturated carbocycles. The zero-order chi connectivity index (χ0) is 11.4. The minimum atomic E-state index is 0.862. The van der Waals surface area contributed by atoms with Crippen LogP contribution in [0.4, 0.5) is 5.82 Å². The van der Waals surface area contributed by atoms with Gasteiger partial charge in [0.05, 0.1) is 6.54 Å². The van der Waals surface area contributed by atoms with E-state index in [0.29, 0.717) is 0 Å². The monoisotopic (exact) mass is 232 g/mol. The van der Waals surface area contributed by atoms with Crippen molar-refractivity contribution < 1.29 is 0 Å². The molecule has 0 aliphatic carbocycles. The highest BCUT2D eigenvalue weighted by molar-refractivity contribution is 7.12. The predicted molar refractivity (Wildman–Crippen MR) is 70.0 cm³/mol. The van der Waals surface area contributed by atoms with E-state index in [9.17, 15) is 0 Å². The van der Waals surface area contributed by atoms with Crippen molar-refractivity contribution in [2.24, 2.45) is 0 Å². The second kappa shape index (κ2) is 5.12. The lowest BCUT2D eigenvalue weighted by Crippen LogP contribution is -1.99. The number of anilines is 1. The first kappa shape index (κ1) is 11.1. The van der Waals surface area contributed by atoms with E-state index >= 15 is 0 Å². The predicted octanol–water partition coefficient (Wildman–Crippen LogP) is 3.63. The maximum atomic E-state index is 4.41. The summed E-state index contributed by atoms with van der Waals surface area (Å²) in [5.41, 5.74) is 1.05. The normalized spacial score (nSPS) is 10.4. The summed E-state index contributed by atoms with van der Waals surface area (Å²) in [5.74, 6) is 0.950. The van der Waals surface area contributed by atoms with Crippen LogP contribution >= 0.6 is 11.3 Å². The van der Waals surface area contributed by atoms with Crippen molar-refractivity contribution >= 4 is 17.2 Å². The molecule has 0 atom stereocenters. The van der Waals surface area contributed by atoms with Crippen LogP contribution in [0.15, 0.2) is 30.3 Å². The third-order valence-electron chi connectivity index (χ3n) is 2.40. The molecule has 0 radical (unpaired) electrons. The van der Waals surface area contributed by atoms with Gasteiger partial charge in [0.25, 0.3) is 0 Å². The molecule has 0 fully saturated rings. The number of thiophene rings is 1. The molecule has 0 bridgehead atoms. The van der Waals surface area contributed by atoms with Gasteiger partial charge in [0.1, 0.15) is 5.82 Å². The summed E-state index contributed by atoms with van der Waals surface area (Å²) in [6.07, 6.45) is 1.12. The van der Waals surface area contributed by atoms with Crippen molar-refractivity contribution in [3.63, 3.8) is 0 Å². The fraction of sp³-hybridized carbons (Fsp3) is 0.308. The SMILES string of the molecule is CCc1ccc(CNc2cccc(C)n2)s1. The molecule has 2 aromatic heterocycles. The van der Waals surface area contributed by atoms with Crippen molar-refractivity contribution in [3.05, 3.63) is 45.8 Å². The first-order chi connectivity index (χ1) is 7.78. The van der Waals surface area contributed by atoms with Crippen LogP contribution in [0, 0.1) is 6.92 Å². The molecule has 2 heterocycles. The van der Waals surface area contributed by atoms with E-state index < -0.39 is 0 Å². The van der Waals surface area contributed by atoms with Gasteiger partial charge in [0.15, 0.2) is 0 Å². The molecule has 84 valence electrons.